The Morgan fingerprint density at radius 2 is 1.79 bits per heavy atom. The van der Waals surface area contributed by atoms with Crippen LogP contribution in [0.25, 0.3) is 0 Å². The van der Waals surface area contributed by atoms with Crippen molar-refractivity contribution >= 4 is 40.6 Å². The Morgan fingerprint density at radius 1 is 0.970 bits per heavy atom. The van der Waals surface area contributed by atoms with Crippen molar-refractivity contribution < 1.29 is 14.0 Å². The second-order valence-corrected chi connectivity index (χ2v) is 8.03. The summed E-state index contributed by atoms with van der Waals surface area (Å²) in [6, 6.07) is 14.0. The molecule has 0 saturated carbocycles. The van der Waals surface area contributed by atoms with E-state index in [-0.39, 0.29) is 17.1 Å². The average Bonchev–Trinajstić information content (AvgIpc) is 3.11. The highest BCUT2D eigenvalue weighted by molar-refractivity contribution is 6.30. The van der Waals surface area contributed by atoms with E-state index < -0.39 is 17.6 Å². The lowest BCUT2D eigenvalue weighted by atomic mass is 10.1. The first-order valence-corrected chi connectivity index (χ1v) is 11.0. The van der Waals surface area contributed by atoms with E-state index in [1.54, 1.807) is 18.2 Å². The number of nitrogens with zero attached hydrogens (tertiary/aromatic N) is 2. The number of carbonyl (C=O) groups is 2. The molecule has 1 aromatic heterocycles. The lowest BCUT2D eigenvalue weighted by molar-refractivity contribution is 0.102. The van der Waals surface area contributed by atoms with Crippen LogP contribution in [0.5, 0.6) is 0 Å². The third-order valence-corrected chi connectivity index (χ3v) is 5.50. The van der Waals surface area contributed by atoms with Crippen LogP contribution in [-0.4, -0.2) is 43.0 Å². The van der Waals surface area contributed by atoms with Crippen LogP contribution in [0.3, 0.4) is 0 Å². The van der Waals surface area contributed by atoms with E-state index in [0.717, 1.165) is 44.4 Å². The van der Waals surface area contributed by atoms with E-state index in [2.05, 4.69) is 25.8 Å². The smallest absolute Gasteiger partial charge is 0.259 e. The minimum Gasteiger partial charge on any atom is -0.370 e. The predicted molar refractivity (Wildman–Crippen MR) is 128 cm³/mol. The number of benzene rings is 2. The van der Waals surface area contributed by atoms with Gasteiger partial charge in [0.25, 0.3) is 11.8 Å². The maximum atomic E-state index is 13.9. The fraction of sp³-hybridized carbons (Fsp3) is 0.208. The Bertz CT molecular complexity index is 1130. The van der Waals surface area contributed by atoms with Gasteiger partial charge in [-0.1, -0.05) is 11.6 Å². The fourth-order valence-corrected chi connectivity index (χ4v) is 3.68. The summed E-state index contributed by atoms with van der Waals surface area (Å²) in [5, 5.41) is 9.07. The normalized spacial score (nSPS) is 13.8. The molecule has 1 saturated heterocycles. The number of amides is 2. The molecule has 2 aromatic carbocycles. The lowest BCUT2D eigenvalue weighted by Crippen LogP contribution is -2.27. The second kappa shape index (κ2) is 10.4. The number of nitrogens with one attached hydrogen (secondary N) is 3. The summed E-state index contributed by atoms with van der Waals surface area (Å²) in [7, 11) is 0. The van der Waals surface area contributed by atoms with Crippen LogP contribution in [-0.2, 0) is 0 Å². The molecule has 0 aliphatic carbocycles. The maximum absolute atomic E-state index is 13.9. The van der Waals surface area contributed by atoms with Crippen molar-refractivity contribution in [3.8, 4) is 0 Å². The zero-order valence-corrected chi connectivity index (χ0v) is 18.5. The first-order valence-electron chi connectivity index (χ1n) is 10.6. The van der Waals surface area contributed by atoms with Crippen molar-refractivity contribution in [3.63, 3.8) is 0 Å². The van der Waals surface area contributed by atoms with Crippen molar-refractivity contribution in [1.29, 1.82) is 0 Å². The van der Waals surface area contributed by atoms with Gasteiger partial charge in [-0.25, -0.2) is 9.37 Å². The first kappa shape index (κ1) is 22.7. The van der Waals surface area contributed by atoms with Crippen LogP contribution in [0.2, 0.25) is 5.02 Å². The molecule has 1 aliphatic rings. The number of halogens is 2. The monoisotopic (exact) mass is 467 g/mol. The predicted octanol–water partition coefficient (Wildman–Crippen LogP) is 4.18. The summed E-state index contributed by atoms with van der Waals surface area (Å²) >= 11 is 5.81. The number of anilines is 3. The molecule has 9 heteroatoms. The Kier molecular flexibility index (Phi) is 7.16. The van der Waals surface area contributed by atoms with Gasteiger partial charge in [-0.2, -0.15) is 0 Å². The molecule has 3 aromatic rings. The molecule has 170 valence electrons. The van der Waals surface area contributed by atoms with Gasteiger partial charge < -0.3 is 20.9 Å². The van der Waals surface area contributed by atoms with Crippen LogP contribution in [0.1, 0.15) is 27.1 Å². The number of aromatic nitrogens is 1. The van der Waals surface area contributed by atoms with E-state index in [4.69, 9.17) is 11.6 Å². The third-order valence-electron chi connectivity index (χ3n) is 5.28. The summed E-state index contributed by atoms with van der Waals surface area (Å²) in [6.07, 6.45) is 2.44. The van der Waals surface area contributed by atoms with E-state index >= 15 is 0 Å². The molecule has 0 bridgehead atoms. The summed E-state index contributed by atoms with van der Waals surface area (Å²) in [4.78, 5) is 31.8. The topological polar surface area (TPSA) is 86.4 Å². The van der Waals surface area contributed by atoms with Crippen molar-refractivity contribution in [1.82, 2.24) is 10.3 Å². The molecule has 1 fully saturated rings. The van der Waals surface area contributed by atoms with Crippen molar-refractivity contribution in [2.24, 2.45) is 0 Å². The maximum Gasteiger partial charge on any atom is 0.259 e. The van der Waals surface area contributed by atoms with Crippen LogP contribution in [0.15, 0.2) is 60.8 Å². The summed E-state index contributed by atoms with van der Waals surface area (Å²) < 4.78 is 13.9. The minimum atomic E-state index is -0.607. The number of hydrogen-bond acceptors (Lipinski definition) is 5. The van der Waals surface area contributed by atoms with Gasteiger partial charge in [0.15, 0.2) is 0 Å². The molecule has 1 aliphatic heterocycles. The van der Waals surface area contributed by atoms with E-state index in [1.165, 1.54) is 24.4 Å². The van der Waals surface area contributed by atoms with Gasteiger partial charge in [0.1, 0.15) is 11.6 Å². The summed E-state index contributed by atoms with van der Waals surface area (Å²) in [5.74, 6) is -1.35. The number of carbonyl (C=O) groups excluding carboxylic acids is 2. The number of hydrogen-bond donors (Lipinski definition) is 3. The largest absolute Gasteiger partial charge is 0.370 e. The summed E-state index contributed by atoms with van der Waals surface area (Å²) in [5.41, 5.74) is 1.65. The quantitative estimate of drug-likeness (QED) is 0.524. The van der Waals surface area contributed by atoms with Gasteiger partial charge in [-0.05, 0) is 67.6 Å². The van der Waals surface area contributed by atoms with Crippen LogP contribution >= 0.6 is 11.6 Å². The van der Waals surface area contributed by atoms with Crippen molar-refractivity contribution in [2.75, 3.05) is 41.7 Å². The highest BCUT2D eigenvalue weighted by atomic mass is 35.5. The van der Waals surface area contributed by atoms with Crippen molar-refractivity contribution in [3.05, 3.63) is 82.8 Å². The Hall–Kier alpha value is -3.49. The Labute approximate surface area is 196 Å². The molecule has 0 radical (unpaired) electrons. The fourth-order valence-electron chi connectivity index (χ4n) is 3.57. The number of pyridine rings is 1. The molecule has 0 atom stereocenters. The molecular formula is C24H23ClFN5O2. The van der Waals surface area contributed by atoms with Crippen LogP contribution in [0.4, 0.5) is 21.6 Å². The molecular weight excluding hydrogens is 445 g/mol. The highest BCUT2D eigenvalue weighted by Crippen LogP contribution is 2.21. The molecule has 2 amide bonds. The second-order valence-electron chi connectivity index (χ2n) is 7.60. The van der Waals surface area contributed by atoms with Gasteiger partial charge in [0.05, 0.1) is 16.3 Å². The van der Waals surface area contributed by atoms with E-state index in [9.17, 15) is 14.0 Å². The zero-order chi connectivity index (χ0) is 23.2. The molecule has 4 rings (SSSR count). The average molecular weight is 468 g/mol. The van der Waals surface area contributed by atoms with Gasteiger partial charge in [0.2, 0.25) is 0 Å². The SMILES string of the molecule is O=C(Nc1ccc(F)cc1C(=O)Nc1ccc(Cl)cn1)c1ccc(N2CCCNCC2)cc1. The van der Waals surface area contributed by atoms with E-state index in [0.29, 0.717) is 10.6 Å². The van der Waals surface area contributed by atoms with Gasteiger partial charge in [-0.3, -0.25) is 9.59 Å². The molecule has 7 nitrogen and oxygen atoms in total. The number of rotatable bonds is 5. The van der Waals surface area contributed by atoms with Gasteiger partial charge in [-0.15, -0.1) is 0 Å². The molecule has 0 spiro atoms. The molecule has 3 N–H and O–H groups in total. The molecule has 0 unspecified atom stereocenters. The Morgan fingerprint density at radius 3 is 2.55 bits per heavy atom. The summed E-state index contributed by atoms with van der Waals surface area (Å²) in [6.45, 7) is 3.78. The lowest BCUT2D eigenvalue weighted by Gasteiger charge is -2.22. The first-order chi connectivity index (χ1) is 16.0. The third kappa shape index (κ3) is 5.85. The van der Waals surface area contributed by atoms with Gasteiger partial charge >= 0.3 is 0 Å². The van der Waals surface area contributed by atoms with Crippen molar-refractivity contribution in [2.45, 2.75) is 6.42 Å². The highest BCUT2D eigenvalue weighted by Gasteiger charge is 2.17. The molecule has 33 heavy (non-hydrogen) atoms. The minimum absolute atomic E-state index is 0.0196. The van der Waals surface area contributed by atoms with Gasteiger partial charge in [0, 0.05) is 37.1 Å². The Balaban J connectivity index is 1.48. The van der Waals surface area contributed by atoms with Crippen LogP contribution in [0, 0.1) is 5.82 Å². The zero-order valence-electron chi connectivity index (χ0n) is 17.8. The standard InChI is InChI=1S/C24H23ClFN5O2/c25-17-4-9-22(28-15-17)30-24(33)20-14-18(26)5-8-21(20)29-23(32)16-2-6-19(7-3-16)31-12-1-10-27-11-13-31/h2-9,14-15,27H,1,10-13H2,(H,29,32)(H,28,30,33). The van der Waals surface area contributed by atoms with Crippen LogP contribution < -0.4 is 20.9 Å². The molecule has 2 heterocycles. The van der Waals surface area contributed by atoms with E-state index in [1.807, 2.05) is 12.1 Å².